The summed E-state index contributed by atoms with van der Waals surface area (Å²) in [5.41, 5.74) is 1.05. The van der Waals surface area contributed by atoms with E-state index in [1.165, 1.54) is 11.1 Å². The third-order valence-electron chi connectivity index (χ3n) is 5.60. The second-order valence-electron chi connectivity index (χ2n) is 8.19. The molecule has 0 bridgehead atoms. The number of hydrogen-bond donors (Lipinski definition) is 2. The van der Waals surface area contributed by atoms with Crippen LogP contribution in [0.2, 0.25) is 0 Å². The summed E-state index contributed by atoms with van der Waals surface area (Å²) in [5, 5.41) is 4.49. The number of nitrogens with zero attached hydrogens (tertiary/aromatic N) is 2. The van der Waals surface area contributed by atoms with Gasteiger partial charge in [-0.15, -0.1) is 0 Å². The number of benzene rings is 3. The van der Waals surface area contributed by atoms with Crippen molar-refractivity contribution in [1.82, 2.24) is 15.0 Å². The fourth-order valence-electron chi connectivity index (χ4n) is 3.75. The summed E-state index contributed by atoms with van der Waals surface area (Å²) < 4.78 is 28.5. The zero-order valence-corrected chi connectivity index (χ0v) is 22.2. The number of aromatic nitrogens is 1. The standard InChI is InChI=1S/C27H25BrN4O4S/c28-23-16-22(18-29-19-23)27(34)32(24-8-2-1-3-9-24)15-12-26(33)30-13-14-31-37(35,36)25-11-10-20-6-4-5-7-21(20)17-25/h1-11,16-19,31H,12-15H2,(H,30,33). The van der Waals surface area contributed by atoms with E-state index in [4.69, 9.17) is 0 Å². The maximum absolute atomic E-state index is 13.2. The second kappa shape index (κ2) is 12.1. The lowest BCUT2D eigenvalue weighted by Crippen LogP contribution is -2.38. The topological polar surface area (TPSA) is 108 Å². The van der Waals surface area contributed by atoms with Gasteiger partial charge < -0.3 is 10.2 Å². The highest BCUT2D eigenvalue weighted by molar-refractivity contribution is 9.10. The maximum Gasteiger partial charge on any atom is 0.259 e. The Bertz CT molecular complexity index is 1510. The molecule has 0 saturated heterocycles. The Hall–Kier alpha value is -3.60. The Balaban J connectivity index is 1.31. The summed E-state index contributed by atoms with van der Waals surface area (Å²) in [6, 6.07) is 23.2. The molecule has 37 heavy (non-hydrogen) atoms. The van der Waals surface area contributed by atoms with Crippen LogP contribution in [0.5, 0.6) is 0 Å². The largest absolute Gasteiger partial charge is 0.355 e. The molecular formula is C27H25BrN4O4S. The fraction of sp³-hybridized carbons (Fsp3) is 0.148. The van der Waals surface area contributed by atoms with Crippen molar-refractivity contribution in [3.63, 3.8) is 0 Å². The molecule has 0 aliphatic heterocycles. The molecule has 0 aliphatic carbocycles. The molecule has 0 radical (unpaired) electrons. The van der Waals surface area contributed by atoms with Crippen LogP contribution < -0.4 is 14.9 Å². The molecule has 0 atom stereocenters. The molecule has 0 saturated carbocycles. The van der Waals surface area contributed by atoms with Crippen molar-refractivity contribution in [2.75, 3.05) is 24.5 Å². The van der Waals surface area contributed by atoms with E-state index in [1.54, 1.807) is 42.6 Å². The fourth-order valence-corrected chi connectivity index (χ4v) is 5.18. The van der Waals surface area contributed by atoms with E-state index in [0.29, 0.717) is 15.7 Å². The quantitative estimate of drug-likeness (QED) is 0.274. The molecule has 0 spiro atoms. The van der Waals surface area contributed by atoms with Crippen LogP contribution in [0.4, 0.5) is 5.69 Å². The SMILES string of the molecule is O=C(CCN(C(=O)c1cncc(Br)c1)c1ccccc1)NCCNS(=O)(=O)c1ccc2ccccc2c1. The van der Waals surface area contributed by atoms with Gasteiger partial charge in [0.25, 0.3) is 5.91 Å². The maximum atomic E-state index is 13.2. The van der Waals surface area contributed by atoms with Gasteiger partial charge in [0.2, 0.25) is 15.9 Å². The van der Waals surface area contributed by atoms with Crippen LogP contribution in [0.15, 0.2) is 101 Å². The molecule has 2 N–H and O–H groups in total. The minimum atomic E-state index is -3.72. The van der Waals surface area contributed by atoms with Crippen molar-refractivity contribution in [2.24, 2.45) is 0 Å². The third kappa shape index (κ3) is 7.00. The third-order valence-corrected chi connectivity index (χ3v) is 7.49. The first-order valence-electron chi connectivity index (χ1n) is 11.6. The minimum Gasteiger partial charge on any atom is -0.355 e. The van der Waals surface area contributed by atoms with Crippen molar-refractivity contribution in [3.05, 3.63) is 101 Å². The van der Waals surface area contributed by atoms with Crippen molar-refractivity contribution < 1.29 is 18.0 Å². The Morgan fingerprint density at radius 1 is 0.865 bits per heavy atom. The van der Waals surface area contributed by atoms with Crippen LogP contribution in [-0.2, 0) is 14.8 Å². The van der Waals surface area contributed by atoms with Crippen molar-refractivity contribution >= 4 is 54.2 Å². The van der Waals surface area contributed by atoms with E-state index in [0.717, 1.165) is 10.8 Å². The first-order valence-corrected chi connectivity index (χ1v) is 13.8. The van der Waals surface area contributed by atoms with E-state index in [1.807, 2.05) is 42.5 Å². The lowest BCUT2D eigenvalue weighted by atomic mass is 10.1. The van der Waals surface area contributed by atoms with Crippen LogP contribution in [0.25, 0.3) is 10.8 Å². The van der Waals surface area contributed by atoms with E-state index in [2.05, 4.69) is 31.0 Å². The average Bonchev–Trinajstić information content (AvgIpc) is 2.91. The average molecular weight is 581 g/mol. The van der Waals surface area contributed by atoms with Crippen molar-refractivity contribution in [1.29, 1.82) is 0 Å². The van der Waals surface area contributed by atoms with Gasteiger partial charge in [0.05, 0.1) is 10.5 Å². The van der Waals surface area contributed by atoms with Gasteiger partial charge in [0.1, 0.15) is 0 Å². The molecule has 0 fully saturated rings. The number of anilines is 1. The lowest BCUT2D eigenvalue weighted by Gasteiger charge is -2.23. The Morgan fingerprint density at radius 2 is 1.59 bits per heavy atom. The summed E-state index contributed by atoms with van der Waals surface area (Å²) in [5.74, 6) is -0.582. The number of rotatable bonds is 10. The molecule has 1 aromatic heterocycles. The van der Waals surface area contributed by atoms with E-state index < -0.39 is 10.0 Å². The van der Waals surface area contributed by atoms with Crippen LogP contribution in [0.1, 0.15) is 16.8 Å². The first kappa shape index (κ1) is 26.5. The predicted molar refractivity (Wildman–Crippen MR) is 147 cm³/mol. The number of halogens is 1. The van der Waals surface area contributed by atoms with Gasteiger partial charge in [0, 0.05) is 48.6 Å². The van der Waals surface area contributed by atoms with Gasteiger partial charge in [0.15, 0.2) is 0 Å². The van der Waals surface area contributed by atoms with E-state index in [9.17, 15) is 18.0 Å². The smallest absolute Gasteiger partial charge is 0.259 e. The number of hydrogen-bond acceptors (Lipinski definition) is 5. The van der Waals surface area contributed by atoms with E-state index >= 15 is 0 Å². The minimum absolute atomic E-state index is 0.0337. The molecule has 4 rings (SSSR count). The van der Waals surface area contributed by atoms with E-state index in [-0.39, 0.29) is 42.8 Å². The predicted octanol–water partition coefficient (Wildman–Crippen LogP) is 4.13. The van der Waals surface area contributed by atoms with Gasteiger partial charge in [-0.05, 0) is 57.0 Å². The molecule has 3 aromatic carbocycles. The second-order valence-corrected chi connectivity index (χ2v) is 10.9. The van der Waals surface area contributed by atoms with Crippen LogP contribution >= 0.6 is 15.9 Å². The molecule has 1 heterocycles. The number of amides is 2. The van der Waals surface area contributed by atoms with Gasteiger partial charge in [-0.25, -0.2) is 13.1 Å². The number of carbonyl (C=O) groups excluding carboxylic acids is 2. The summed E-state index contributed by atoms with van der Waals surface area (Å²) in [6.45, 7) is 0.288. The molecule has 0 unspecified atom stereocenters. The molecule has 2 amide bonds. The Morgan fingerprint density at radius 3 is 2.35 bits per heavy atom. The Kier molecular flexibility index (Phi) is 8.65. The first-order chi connectivity index (χ1) is 17.8. The Labute approximate surface area is 223 Å². The monoisotopic (exact) mass is 580 g/mol. The van der Waals surface area contributed by atoms with Gasteiger partial charge in [-0.3, -0.25) is 14.6 Å². The summed E-state index contributed by atoms with van der Waals surface area (Å²) >= 11 is 3.33. The summed E-state index contributed by atoms with van der Waals surface area (Å²) in [7, 11) is -3.72. The van der Waals surface area contributed by atoms with Crippen LogP contribution in [0.3, 0.4) is 0 Å². The summed E-state index contributed by atoms with van der Waals surface area (Å²) in [4.78, 5) is 31.4. The molecule has 190 valence electrons. The number of sulfonamides is 1. The molecular weight excluding hydrogens is 556 g/mol. The van der Waals surface area contributed by atoms with Crippen molar-refractivity contribution in [2.45, 2.75) is 11.3 Å². The molecule has 4 aromatic rings. The zero-order valence-electron chi connectivity index (χ0n) is 19.8. The number of para-hydroxylation sites is 1. The number of pyridine rings is 1. The number of fused-ring (bicyclic) bond motifs is 1. The highest BCUT2D eigenvalue weighted by atomic mass is 79.9. The lowest BCUT2D eigenvalue weighted by molar-refractivity contribution is -0.120. The summed E-state index contributed by atoms with van der Waals surface area (Å²) in [6.07, 6.45) is 3.11. The van der Waals surface area contributed by atoms with Crippen molar-refractivity contribution in [3.8, 4) is 0 Å². The number of carbonyl (C=O) groups is 2. The zero-order chi connectivity index (χ0) is 26.3. The molecule has 0 aliphatic rings. The van der Waals surface area contributed by atoms with Gasteiger partial charge in [-0.1, -0.05) is 48.5 Å². The van der Waals surface area contributed by atoms with Gasteiger partial charge >= 0.3 is 0 Å². The van der Waals surface area contributed by atoms with Crippen LogP contribution in [0, 0.1) is 0 Å². The molecule has 10 heteroatoms. The highest BCUT2D eigenvalue weighted by Crippen LogP contribution is 2.20. The van der Waals surface area contributed by atoms with Crippen LogP contribution in [-0.4, -0.2) is 44.9 Å². The normalized spacial score (nSPS) is 11.3. The van der Waals surface area contributed by atoms with Gasteiger partial charge in [-0.2, -0.15) is 0 Å². The molecule has 8 nitrogen and oxygen atoms in total. The number of nitrogens with one attached hydrogen (secondary N) is 2. The highest BCUT2D eigenvalue weighted by Gasteiger charge is 2.20.